The van der Waals surface area contributed by atoms with Crippen LogP contribution in [0.25, 0.3) is 22.0 Å². The summed E-state index contributed by atoms with van der Waals surface area (Å²) in [6, 6.07) is 16.9. The number of rotatable bonds is 5. The van der Waals surface area contributed by atoms with E-state index in [9.17, 15) is 0 Å². The normalized spacial score (nSPS) is 11.0. The third-order valence-corrected chi connectivity index (χ3v) is 3.94. The van der Waals surface area contributed by atoms with Gasteiger partial charge in [-0.15, -0.1) is 0 Å². The molecule has 0 fully saturated rings. The lowest BCUT2D eigenvalue weighted by Gasteiger charge is -2.06. The van der Waals surface area contributed by atoms with E-state index in [1.54, 1.807) is 7.11 Å². The summed E-state index contributed by atoms with van der Waals surface area (Å²) in [6.45, 7) is 2.23. The Hall–Kier alpha value is -2.22. The highest BCUT2D eigenvalue weighted by molar-refractivity contribution is 5.97. The van der Waals surface area contributed by atoms with Crippen LogP contribution in [0.2, 0.25) is 0 Å². The number of hydrogen-bond acceptors (Lipinski definition) is 1. The lowest BCUT2D eigenvalue weighted by atomic mass is 9.99. The van der Waals surface area contributed by atoms with Crippen LogP contribution in [0.1, 0.15) is 25.5 Å². The molecule has 0 radical (unpaired) electrons. The van der Waals surface area contributed by atoms with Gasteiger partial charge in [0.2, 0.25) is 0 Å². The second-order valence-corrected chi connectivity index (χ2v) is 5.36. The smallest absolute Gasteiger partial charge is 0.118 e. The molecular weight excluding hydrogens is 258 g/mol. The molecule has 0 saturated heterocycles. The van der Waals surface area contributed by atoms with E-state index in [1.165, 1.54) is 40.6 Å². The molecule has 0 aliphatic rings. The number of aromatic amines is 1. The van der Waals surface area contributed by atoms with Crippen molar-refractivity contribution in [3.8, 4) is 16.9 Å². The summed E-state index contributed by atoms with van der Waals surface area (Å²) in [7, 11) is 1.70. The van der Waals surface area contributed by atoms with Crippen molar-refractivity contribution in [1.29, 1.82) is 0 Å². The average molecular weight is 279 g/mol. The number of hydrogen-bond donors (Lipinski definition) is 1. The number of aryl methyl sites for hydroxylation is 1. The van der Waals surface area contributed by atoms with Crippen LogP contribution in [0.3, 0.4) is 0 Å². The number of methoxy groups -OCH3 is 1. The van der Waals surface area contributed by atoms with E-state index in [2.05, 4.69) is 48.3 Å². The molecule has 2 nitrogen and oxygen atoms in total. The Bertz CT molecular complexity index is 725. The van der Waals surface area contributed by atoms with Crippen LogP contribution in [-0.2, 0) is 6.42 Å². The van der Waals surface area contributed by atoms with Crippen molar-refractivity contribution in [2.45, 2.75) is 26.2 Å². The van der Waals surface area contributed by atoms with Crippen molar-refractivity contribution in [2.75, 3.05) is 7.11 Å². The number of para-hydroxylation sites is 1. The summed E-state index contributed by atoms with van der Waals surface area (Å²) in [6.07, 6.45) is 3.50. The first-order chi connectivity index (χ1) is 10.3. The molecule has 0 aliphatic heterocycles. The predicted molar refractivity (Wildman–Crippen MR) is 88.9 cm³/mol. The van der Waals surface area contributed by atoms with Crippen LogP contribution in [0.5, 0.6) is 5.75 Å². The Morgan fingerprint density at radius 1 is 1.00 bits per heavy atom. The fraction of sp³-hybridized carbons (Fsp3) is 0.263. The summed E-state index contributed by atoms with van der Waals surface area (Å²) in [5.41, 5.74) is 5.14. The van der Waals surface area contributed by atoms with Gasteiger partial charge in [0.05, 0.1) is 7.11 Å². The third kappa shape index (κ3) is 2.66. The second kappa shape index (κ2) is 6.04. The molecule has 2 heteroatoms. The van der Waals surface area contributed by atoms with Gasteiger partial charge in [0, 0.05) is 22.2 Å². The van der Waals surface area contributed by atoms with Crippen LogP contribution in [0, 0.1) is 0 Å². The van der Waals surface area contributed by atoms with Gasteiger partial charge in [0.25, 0.3) is 0 Å². The molecule has 0 atom stereocenters. The highest BCUT2D eigenvalue weighted by atomic mass is 16.5. The Morgan fingerprint density at radius 3 is 2.48 bits per heavy atom. The third-order valence-electron chi connectivity index (χ3n) is 3.94. The van der Waals surface area contributed by atoms with Gasteiger partial charge in [-0.3, -0.25) is 0 Å². The largest absolute Gasteiger partial charge is 0.497 e. The van der Waals surface area contributed by atoms with Gasteiger partial charge >= 0.3 is 0 Å². The molecule has 21 heavy (non-hydrogen) atoms. The van der Waals surface area contributed by atoms with Crippen molar-refractivity contribution in [3.05, 3.63) is 54.2 Å². The quantitative estimate of drug-likeness (QED) is 0.683. The number of benzene rings is 2. The van der Waals surface area contributed by atoms with Crippen molar-refractivity contribution in [2.24, 2.45) is 0 Å². The van der Waals surface area contributed by atoms with E-state index in [0.717, 1.165) is 12.2 Å². The minimum absolute atomic E-state index is 0.897. The van der Waals surface area contributed by atoms with E-state index in [4.69, 9.17) is 4.74 Å². The Labute approximate surface area is 125 Å². The van der Waals surface area contributed by atoms with Crippen LogP contribution in [-0.4, -0.2) is 12.1 Å². The van der Waals surface area contributed by atoms with Crippen LogP contribution >= 0.6 is 0 Å². The zero-order valence-corrected chi connectivity index (χ0v) is 12.6. The first-order valence-electron chi connectivity index (χ1n) is 7.57. The number of unbranched alkanes of at least 4 members (excludes halogenated alkanes) is 1. The minimum Gasteiger partial charge on any atom is -0.497 e. The molecule has 0 aliphatic carbocycles. The molecular formula is C19H21NO. The van der Waals surface area contributed by atoms with Gasteiger partial charge in [0.1, 0.15) is 5.75 Å². The first kappa shape index (κ1) is 13.7. The summed E-state index contributed by atoms with van der Waals surface area (Å²) in [5, 5.41) is 1.30. The number of H-pyrrole nitrogens is 1. The summed E-state index contributed by atoms with van der Waals surface area (Å²) in [5.74, 6) is 0.897. The predicted octanol–water partition coefficient (Wildman–Crippen LogP) is 5.19. The number of aromatic nitrogens is 1. The molecule has 3 aromatic rings. The fourth-order valence-electron chi connectivity index (χ4n) is 2.83. The van der Waals surface area contributed by atoms with Crippen LogP contribution < -0.4 is 4.74 Å². The topological polar surface area (TPSA) is 25.0 Å². The molecule has 1 aromatic heterocycles. The summed E-state index contributed by atoms with van der Waals surface area (Å²) >= 11 is 0. The lowest BCUT2D eigenvalue weighted by Crippen LogP contribution is -1.89. The number of nitrogens with one attached hydrogen (secondary N) is 1. The minimum atomic E-state index is 0.897. The molecule has 2 aromatic carbocycles. The van der Waals surface area contributed by atoms with Gasteiger partial charge in [-0.2, -0.15) is 0 Å². The lowest BCUT2D eigenvalue weighted by molar-refractivity contribution is 0.415. The number of fused-ring (bicyclic) bond motifs is 1. The molecule has 0 saturated carbocycles. The summed E-state index contributed by atoms with van der Waals surface area (Å²) in [4.78, 5) is 3.59. The molecule has 1 heterocycles. The van der Waals surface area contributed by atoms with Gasteiger partial charge in [-0.1, -0.05) is 43.7 Å². The highest BCUT2D eigenvalue weighted by Crippen LogP contribution is 2.34. The van der Waals surface area contributed by atoms with E-state index in [0.29, 0.717) is 0 Å². The summed E-state index contributed by atoms with van der Waals surface area (Å²) < 4.78 is 5.26. The molecule has 0 unspecified atom stereocenters. The Kier molecular flexibility index (Phi) is 3.96. The highest BCUT2D eigenvalue weighted by Gasteiger charge is 2.12. The zero-order chi connectivity index (χ0) is 14.7. The Balaban J connectivity index is 2.12. The maximum atomic E-state index is 5.26. The van der Waals surface area contributed by atoms with Crippen molar-refractivity contribution < 1.29 is 4.74 Å². The van der Waals surface area contributed by atoms with Crippen molar-refractivity contribution in [3.63, 3.8) is 0 Å². The van der Waals surface area contributed by atoms with E-state index in [-0.39, 0.29) is 0 Å². The molecule has 108 valence electrons. The monoisotopic (exact) mass is 279 g/mol. The molecule has 3 rings (SSSR count). The maximum Gasteiger partial charge on any atom is 0.118 e. The molecule has 1 N–H and O–H groups in total. The molecule has 0 bridgehead atoms. The number of ether oxygens (including phenoxy) is 1. The van der Waals surface area contributed by atoms with Crippen LogP contribution in [0.15, 0.2) is 48.5 Å². The van der Waals surface area contributed by atoms with Crippen LogP contribution in [0.4, 0.5) is 0 Å². The first-order valence-corrected chi connectivity index (χ1v) is 7.57. The van der Waals surface area contributed by atoms with Gasteiger partial charge in [-0.05, 0) is 36.6 Å². The van der Waals surface area contributed by atoms with Gasteiger partial charge in [-0.25, -0.2) is 0 Å². The van der Waals surface area contributed by atoms with Gasteiger partial charge < -0.3 is 9.72 Å². The van der Waals surface area contributed by atoms with Gasteiger partial charge in [0.15, 0.2) is 0 Å². The molecule has 0 spiro atoms. The van der Waals surface area contributed by atoms with Crippen molar-refractivity contribution >= 4 is 10.9 Å². The average Bonchev–Trinajstić information content (AvgIpc) is 2.91. The van der Waals surface area contributed by atoms with Crippen molar-refractivity contribution in [1.82, 2.24) is 4.98 Å². The standard InChI is InChI=1S/C19H21NO/c1-3-4-8-18-19(14-10-12-15(21-2)13-11-14)16-7-5-6-9-17(16)20-18/h5-7,9-13,20H,3-4,8H2,1-2H3. The molecule has 0 amide bonds. The SMILES string of the molecule is CCCCc1[nH]c2ccccc2c1-c1ccc(OC)cc1. The Morgan fingerprint density at radius 2 is 1.76 bits per heavy atom. The van der Waals surface area contributed by atoms with E-state index in [1.807, 2.05) is 12.1 Å². The zero-order valence-electron chi connectivity index (χ0n) is 12.6. The second-order valence-electron chi connectivity index (χ2n) is 5.36. The van der Waals surface area contributed by atoms with E-state index >= 15 is 0 Å². The fourth-order valence-corrected chi connectivity index (χ4v) is 2.83. The van der Waals surface area contributed by atoms with E-state index < -0.39 is 0 Å². The maximum absolute atomic E-state index is 5.26.